The van der Waals surface area contributed by atoms with Crippen LogP contribution in [-0.4, -0.2) is 15.5 Å². The first-order valence-electron chi connectivity index (χ1n) is 3.54. The molecule has 1 rings (SSSR count). The highest BCUT2D eigenvalue weighted by atomic mass is 127. The highest BCUT2D eigenvalue weighted by Gasteiger charge is 2.05. The van der Waals surface area contributed by atoms with Crippen LogP contribution in [0.4, 0.5) is 0 Å². The Morgan fingerprint density at radius 1 is 1.15 bits per heavy atom. The van der Waals surface area contributed by atoms with Crippen LogP contribution in [0.3, 0.4) is 0 Å². The molecule has 0 saturated heterocycles. The van der Waals surface area contributed by atoms with Gasteiger partial charge in [0.25, 0.3) is 5.24 Å². The van der Waals surface area contributed by atoms with Gasteiger partial charge in [-0.2, -0.15) is 0 Å². The molecule has 0 spiro atoms. The number of rotatable bonds is 3. The van der Waals surface area contributed by atoms with Gasteiger partial charge in [-0.15, -0.1) is 0 Å². The van der Waals surface area contributed by atoms with E-state index in [0.717, 1.165) is 0 Å². The summed E-state index contributed by atoms with van der Waals surface area (Å²) in [4.78, 5) is 21.8. The summed E-state index contributed by atoms with van der Waals surface area (Å²) in [5.74, 6) is 0.0502. The Morgan fingerprint density at radius 3 is 2.00 bits per heavy atom. The van der Waals surface area contributed by atoms with E-state index < -0.39 is 5.24 Å². The number of halogens is 2. The smallest absolute Gasteiger partial charge is 0.252 e. The molecular weight excluding hydrogens is 302 g/mol. The highest BCUT2D eigenvalue weighted by molar-refractivity contribution is 14.1. The third-order valence-electron chi connectivity index (χ3n) is 1.56. The lowest BCUT2D eigenvalue weighted by atomic mass is 10.1. The SMILES string of the molecule is O=C(Cl)c1ccc(C(=O)CI)cc1. The number of Topliss-reactive ketones (excluding diaryl/α,β-unsaturated/α-hetero) is 1. The van der Waals surface area contributed by atoms with Gasteiger partial charge in [0.05, 0.1) is 4.43 Å². The van der Waals surface area contributed by atoms with E-state index in [1.807, 2.05) is 22.6 Å². The molecule has 4 heteroatoms. The first-order valence-corrected chi connectivity index (χ1v) is 5.44. The molecule has 0 aliphatic heterocycles. The van der Waals surface area contributed by atoms with Crippen LogP contribution in [0, 0.1) is 0 Å². The normalized spacial score (nSPS) is 9.69. The quantitative estimate of drug-likeness (QED) is 0.372. The summed E-state index contributed by atoms with van der Waals surface area (Å²) < 4.78 is 0.436. The zero-order chi connectivity index (χ0) is 9.84. The zero-order valence-corrected chi connectivity index (χ0v) is 9.50. The standard InChI is InChI=1S/C9H6ClIO2/c10-9(13)7-3-1-6(2-4-7)8(12)5-11/h1-4H,5H2. The van der Waals surface area contributed by atoms with Crippen LogP contribution in [-0.2, 0) is 0 Å². The van der Waals surface area contributed by atoms with Crippen molar-refractivity contribution in [1.29, 1.82) is 0 Å². The van der Waals surface area contributed by atoms with Gasteiger partial charge in [0.1, 0.15) is 0 Å². The molecule has 0 aliphatic rings. The molecule has 0 aliphatic carbocycles. The van der Waals surface area contributed by atoms with Gasteiger partial charge < -0.3 is 0 Å². The predicted octanol–water partition coefficient (Wildman–Crippen LogP) is 2.68. The number of hydrogen-bond donors (Lipinski definition) is 0. The number of alkyl halides is 1. The summed E-state index contributed by atoms with van der Waals surface area (Å²) in [6, 6.07) is 6.32. The average molecular weight is 309 g/mol. The number of carbonyl (C=O) groups excluding carboxylic acids is 2. The van der Waals surface area contributed by atoms with E-state index in [1.54, 1.807) is 24.3 Å². The Morgan fingerprint density at radius 2 is 1.62 bits per heavy atom. The van der Waals surface area contributed by atoms with Crippen LogP contribution in [0.25, 0.3) is 0 Å². The van der Waals surface area contributed by atoms with Crippen molar-refractivity contribution in [3.63, 3.8) is 0 Å². The minimum Gasteiger partial charge on any atom is -0.293 e. The Labute approximate surface area is 94.4 Å². The van der Waals surface area contributed by atoms with Crippen molar-refractivity contribution < 1.29 is 9.59 Å². The van der Waals surface area contributed by atoms with Gasteiger partial charge >= 0.3 is 0 Å². The van der Waals surface area contributed by atoms with Crippen LogP contribution in [0.15, 0.2) is 24.3 Å². The average Bonchev–Trinajstić information content (AvgIpc) is 2.17. The largest absolute Gasteiger partial charge is 0.293 e. The van der Waals surface area contributed by atoms with E-state index in [1.165, 1.54) is 0 Å². The summed E-state index contributed by atoms with van der Waals surface area (Å²) in [6.07, 6.45) is 0. The zero-order valence-electron chi connectivity index (χ0n) is 6.59. The van der Waals surface area contributed by atoms with Crippen LogP contribution in [0.1, 0.15) is 20.7 Å². The summed E-state index contributed by atoms with van der Waals surface area (Å²) in [7, 11) is 0. The maximum Gasteiger partial charge on any atom is 0.252 e. The van der Waals surface area contributed by atoms with Gasteiger partial charge in [0.2, 0.25) is 0 Å². The van der Waals surface area contributed by atoms with Gasteiger partial charge in [-0.25, -0.2) is 0 Å². The highest BCUT2D eigenvalue weighted by Crippen LogP contribution is 2.08. The van der Waals surface area contributed by atoms with Crippen LogP contribution in [0.5, 0.6) is 0 Å². The second-order valence-electron chi connectivity index (χ2n) is 2.41. The molecular formula is C9H6ClIO2. The maximum atomic E-state index is 11.2. The third-order valence-corrected chi connectivity index (χ3v) is 2.47. The molecule has 0 fully saturated rings. The summed E-state index contributed by atoms with van der Waals surface area (Å²) >= 11 is 7.24. The third kappa shape index (κ3) is 2.77. The van der Waals surface area contributed by atoms with Crippen molar-refractivity contribution in [1.82, 2.24) is 0 Å². The van der Waals surface area contributed by atoms with Crippen molar-refractivity contribution in [2.45, 2.75) is 0 Å². The van der Waals surface area contributed by atoms with E-state index in [-0.39, 0.29) is 5.78 Å². The first kappa shape index (κ1) is 10.7. The molecule has 13 heavy (non-hydrogen) atoms. The molecule has 0 unspecified atom stereocenters. The minimum atomic E-state index is -0.506. The molecule has 2 nitrogen and oxygen atoms in total. The van der Waals surface area contributed by atoms with E-state index in [9.17, 15) is 9.59 Å². The second kappa shape index (κ2) is 4.72. The van der Waals surface area contributed by atoms with Crippen molar-refractivity contribution in [3.05, 3.63) is 35.4 Å². The molecule has 0 heterocycles. The predicted molar refractivity (Wildman–Crippen MR) is 59.8 cm³/mol. The Balaban J connectivity index is 2.93. The Kier molecular flexibility index (Phi) is 3.87. The first-order chi connectivity index (χ1) is 6.15. The molecule has 0 amide bonds. The van der Waals surface area contributed by atoms with Crippen LogP contribution < -0.4 is 0 Å². The Bertz CT molecular complexity index is 332. The lowest BCUT2D eigenvalue weighted by Gasteiger charge is -1.97. The lowest BCUT2D eigenvalue weighted by molar-refractivity contribution is 0.102. The maximum absolute atomic E-state index is 11.2. The van der Waals surface area contributed by atoms with Gasteiger partial charge in [-0.3, -0.25) is 9.59 Å². The van der Waals surface area contributed by atoms with Crippen LogP contribution in [0.2, 0.25) is 0 Å². The molecule has 1 aromatic carbocycles. The van der Waals surface area contributed by atoms with Crippen LogP contribution >= 0.6 is 34.2 Å². The van der Waals surface area contributed by atoms with Gasteiger partial charge in [-0.1, -0.05) is 34.7 Å². The van der Waals surface area contributed by atoms with Gasteiger partial charge in [0.15, 0.2) is 5.78 Å². The molecule has 0 N–H and O–H groups in total. The fourth-order valence-corrected chi connectivity index (χ4v) is 1.43. The van der Waals surface area contributed by atoms with Crippen molar-refractivity contribution in [3.8, 4) is 0 Å². The summed E-state index contributed by atoms with van der Waals surface area (Å²) in [5.41, 5.74) is 1.02. The number of ketones is 1. The molecule has 0 radical (unpaired) electrons. The van der Waals surface area contributed by atoms with E-state index in [2.05, 4.69) is 0 Å². The van der Waals surface area contributed by atoms with Crippen molar-refractivity contribution in [2.24, 2.45) is 0 Å². The molecule has 68 valence electrons. The summed E-state index contributed by atoms with van der Waals surface area (Å²) in [6.45, 7) is 0. The van der Waals surface area contributed by atoms with E-state index >= 15 is 0 Å². The molecule has 0 atom stereocenters. The van der Waals surface area contributed by atoms with E-state index in [4.69, 9.17) is 11.6 Å². The monoisotopic (exact) mass is 308 g/mol. The number of hydrogen-bond acceptors (Lipinski definition) is 2. The number of benzene rings is 1. The Hall–Kier alpha value is -0.420. The van der Waals surface area contributed by atoms with Crippen molar-refractivity contribution in [2.75, 3.05) is 4.43 Å². The molecule has 1 aromatic rings. The number of carbonyl (C=O) groups is 2. The molecule has 0 bridgehead atoms. The van der Waals surface area contributed by atoms with Gasteiger partial charge in [-0.05, 0) is 23.7 Å². The fourth-order valence-electron chi connectivity index (χ4n) is 0.864. The lowest BCUT2D eigenvalue weighted by Crippen LogP contribution is -2.00. The topological polar surface area (TPSA) is 34.1 Å². The summed E-state index contributed by atoms with van der Waals surface area (Å²) in [5, 5.41) is -0.506. The van der Waals surface area contributed by atoms with E-state index in [0.29, 0.717) is 15.6 Å². The van der Waals surface area contributed by atoms with Gasteiger partial charge in [0, 0.05) is 11.1 Å². The fraction of sp³-hybridized carbons (Fsp3) is 0.111. The van der Waals surface area contributed by atoms with Crippen molar-refractivity contribution >= 4 is 45.2 Å². The molecule has 0 aromatic heterocycles. The minimum absolute atomic E-state index is 0.0502. The molecule has 0 saturated carbocycles. The second-order valence-corrected chi connectivity index (χ2v) is 3.51.